The minimum Gasteiger partial charge on any atom is -0.497 e. The topological polar surface area (TPSA) is 84.9 Å². The summed E-state index contributed by atoms with van der Waals surface area (Å²) in [6.07, 6.45) is 0.523. The predicted molar refractivity (Wildman–Crippen MR) is 104 cm³/mol. The maximum atomic E-state index is 12.3. The summed E-state index contributed by atoms with van der Waals surface area (Å²) in [5, 5.41) is 2.80. The van der Waals surface area contributed by atoms with E-state index in [4.69, 9.17) is 9.47 Å². The number of anilines is 1. The van der Waals surface area contributed by atoms with Crippen molar-refractivity contribution in [3.05, 3.63) is 48.0 Å². The van der Waals surface area contributed by atoms with E-state index < -0.39 is 10.0 Å². The largest absolute Gasteiger partial charge is 0.497 e. The highest BCUT2D eigenvalue weighted by Crippen LogP contribution is 2.25. The van der Waals surface area contributed by atoms with Crippen LogP contribution in [-0.4, -0.2) is 46.9 Å². The quantitative estimate of drug-likeness (QED) is 0.746. The Hall–Kier alpha value is -2.58. The highest BCUT2D eigenvalue weighted by atomic mass is 32.2. The third kappa shape index (κ3) is 5.21. The average molecular weight is 392 g/mol. The number of rotatable bonds is 8. The van der Waals surface area contributed by atoms with E-state index >= 15 is 0 Å². The standard InChI is InChI=1S/C19H24N2O5S/c1-21(2)27(23,24)17-9-10-18(26-4)14(12-17)8-11-19(22)20-15-6-5-7-16(13-15)25-3/h5-7,9-10,12-13H,8,11H2,1-4H3,(H,20,22). The van der Waals surface area contributed by atoms with Gasteiger partial charge >= 0.3 is 0 Å². The van der Waals surface area contributed by atoms with Crippen LogP contribution < -0.4 is 14.8 Å². The average Bonchev–Trinajstić information content (AvgIpc) is 2.66. The lowest BCUT2D eigenvalue weighted by molar-refractivity contribution is -0.116. The zero-order valence-corrected chi connectivity index (χ0v) is 16.7. The van der Waals surface area contributed by atoms with Gasteiger partial charge in [0.1, 0.15) is 11.5 Å². The molecule has 0 unspecified atom stereocenters. The molecule has 2 aromatic carbocycles. The molecule has 27 heavy (non-hydrogen) atoms. The van der Waals surface area contributed by atoms with Crippen molar-refractivity contribution in [2.75, 3.05) is 33.6 Å². The first-order valence-corrected chi connectivity index (χ1v) is 9.75. The summed E-state index contributed by atoms with van der Waals surface area (Å²) in [4.78, 5) is 12.4. The van der Waals surface area contributed by atoms with Crippen molar-refractivity contribution >= 4 is 21.6 Å². The summed E-state index contributed by atoms with van der Waals surface area (Å²) in [6, 6.07) is 11.7. The minimum atomic E-state index is -3.56. The van der Waals surface area contributed by atoms with Gasteiger partial charge in [0.15, 0.2) is 0 Å². The zero-order chi connectivity index (χ0) is 20.0. The number of carbonyl (C=O) groups is 1. The third-order valence-corrected chi connectivity index (χ3v) is 5.82. The summed E-state index contributed by atoms with van der Waals surface area (Å²) in [7, 11) is 2.46. The van der Waals surface area contributed by atoms with E-state index in [1.54, 1.807) is 43.5 Å². The molecule has 0 heterocycles. The molecule has 2 rings (SSSR count). The fourth-order valence-electron chi connectivity index (χ4n) is 2.49. The molecule has 0 saturated carbocycles. The number of hydrogen-bond donors (Lipinski definition) is 1. The SMILES string of the molecule is COc1cccc(NC(=O)CCc2cc(S(=O)(=O)N(C)C)ccc2OC)c1. The van der Waals surface area contributed by atoms with Crippen molar-refractivity contribution in [3.8, 4) is 11.5 Å². The lowest BCUT2D eigenvalue weighted by Gasteiger charge is -2.14. The number of hydrogen-bond acceptors (Lipinski definition) is 5. The van der Waals surface area contributed by atoms with Crippen LogP contribution in [0.4, 0.5) is 5.69 Å². The second kappa shape index (κ2) is 8.88. The van der Waals surface area contributed by atoms with Gasteiger partial charge in [0, 0.05) is 32.3 Å². The maximum Gasteiger partial charge on any atom is 0.242 e. The van der Waals surface area contributed by atoms with Crippen LogP contribution in [-0.2, 0) is 21.2 Å². The van der Waals surface area contributed by atoms with E-state index in [9.17, 15) is 13.2 Å². The Morgan fingerprint density at radius 2 is 1.81 bits per heavy atom. The van der Waals surface area contributed by atoms with Crippen molar-refractivity contribution in [1.29, 1.82) is 0 Å². The van der Waals surface area contributed by atoms with E-state index in [1.807, 2.05) is 0 Å². The van der Waals surface area contributed by atoms with E-state index in [2.05, 4.69) is 5.32 Å². The lowest BCUT2D eigenvalue weighted by Crippen LogP contribution is -2.22. The Kier molecular flexibility index (Phi) is 6.81. The van der Waals surface area contributed by atoms with Gasteiger partial charge in [0.05, 0.1) is 19.1 Å². The van der Waals surface area contributed by atoms with E-state index in [0.717, 1.165) is 4.31 Å². The Morgan fingerprint density at radius 1 is 1.07 bits per heavy atom. The fraction of sp³-hybridized carbons (Fsp3) is 0.316. The van der Waals surface area contributed by atoms with E-state index in [1.165, 1.54) is 27.3 Å². The predicted octanol–water partition coefficient (Wildman–Crippen LogP) is 2.53. The van der Waals surface area contributed by atoms with Crippen molar-refractivity contribution in [1.82, 2.24) is 4.31 Å². The number of benzene rings is 2. The van der Waals surface area contributed by atoms with Gasteiger partial charge in [-0.15, -0.1) is 0 Å². The molecule has 8 heteroatoms. The normalized spacial score (nSPS) is 11.3. The number of aryl methyl sites for hydroxylation is 1. The summed E-state index contributed by atoms with van der Waals surface area (Å²) in [6.45, 7) is 0. The third-order valence-electron chi connectivity index (χ3n) is 4.01. The van der Waals surface area contributed by atoms with Gasteiger partial charge in [-0.25, -0.2) is 12.7 Å². The molecular weight excluding hydrogens is 368 g/mol. The molecule has 7 nitrogen and oxygen atoms in total. The number of methoxy groups -OCH3 is 2. The van der Waals surface area contributed by atoms with Gasteiger partial charge < -0.3 is 14.8 Å². The van der Waals surface area contributed by atoms with Crippen molar-refractivity contribution < 1.29 is 22.7 Å². The molecule has 146 valence electrons. The molecule has 0 saturated heterocycles. The van der Waals surface area contributed by atoms with Gasteiger partial charge in [-0.3, -0.25) is 4.79 Å². The van der Waals surface area contributed by atoms with Gasteiger partial charge in [-0.2, -0.15) is 0 Å². The molecule has 1 amide bonds. The highest BCUT2D eigenvalue weighted by Gasteiger charge is 2.19. The molecule has 0 atom stereocenters. The second-order valence-corrected chi connectivity index (χ2v) is 8.19. The number of amides is 1. The number of carbonyl (C=O) groups excluding carboxylic acids is 1. The first-order chi connectivity index (χ1) is 12.8. The Balaban J connectivity index is 2.12. The smallest absolute Gasteiger partial charge is 0.242 e. The summed E-state index contributed by atoms with van der Waals surface area (Å²) < 4.78 is 36.2. The molecule has 0 aliphatic heterocycles. The first-order valence-electron chi connectivity index (χ1n) is 8.31. The van der Waals surface area contributed by atoms with Crippen molar-refractivity contribution in [2.24, 2.45) is 0 Å². The summed E-state index contributed by atoms with van der Waals surface area (Å²) in [5.74, 6) is 1.00. The van der Waals surface area contributed by atoms with Gasteiger partial charge in [-0.1, -0.05) is 6.07 Å². The molecule has 0 bridgehead atoms. The maximum absolute atomic E-state index is 12.3. The van der Waals surface area contributed by atoms with Crippen molar-refractivity contribution in [2.45, 2.75) is 17.7 Å². The molecule has 0 spiro atoms. The molecule has 1 N–H and O–H groups in total. The van der Waals surface area contributed by atoms with Gasteiger partial charge in [-0.05, 0) is 42.3 Å². The fourth-order valence-corrected chi connectivity index (χ4v) is 3.45. The number of nitrogens with zero attached hydrogens (tertiary/aromatic N) is 1. The van der Waals surface area contributed by atoms with E-state index in [-0.39, 0.29) is 17.2 Å². The highest BCUT2D eigenvalue weighted by molar-refractivity contribution is 7.89. The van der Waals surface area contributed by atoms with Gasteiger partial charge in [0.2, 0.25) is 15.9 Å². The molecule has 0 fully saturated rings. The van der Waals surface area contributed by atoms with Crippen LogP contribution in [0.3, 0.4) is 0 Å². The molecule has 0 radical (unpaired) electrons. The molecule has 0 aromatic heterocycles. The van der Waals surface area contributed by atoms with Crippen LogP contribution in [0.15, 0.2) is 47.4 Å². The van der Waals surface area contributed by atoms with Crippen LogP contribution in [0.1, 0.15) is 12.0 Å². The molecule has 0 aliphatic rings. The zero-order valence-electron chi connectivity index (χ0n) is 15.9. The lowest BCUT2D eigenvalue weighted by atomic mass is 10.1. The molecule has 0 aliphatic carbocycles. The van der Waals surface area contributed by atoms with Crippen LogP contribution in [0.5, 0.6) is 11.5 Å². The Bertz CT molecular complexity index is 910. The number of nitrogens with one attached hydrogen (secondary N) is 1. The van der Waals surface area contributed by atoms with Gasteiger partial charge in [0.25, 0.3) is 0 Å². The second-order valence-electron chi connectivity index (χ2n) is 6.04. The van der Waals surface area contributed by atoms with Crippen LogP contribution in [0, 0.1) is 0 Å². The van der Waals surface area contributed by atoms with Crippen molar-refractivity contribution in [3.63, 3.8) is 0 Å². The van der Waals surface area contributed by atoms with E-state index in [0.29, 0.717) is 29.2 Å². The Morgan fingerprint density at radius 3 is 2.44 bits per heavy atom. The monoisotopic (exact) mass is 392 g/mol. The first kappa shape index (κ1) is 20.7. The van der Waals surface area contributed by atoms with Crippen LogP contribution in [0.2, 0.25) is 0 Å². The number of sulfonamides is 1. The van der Waals surface area contributed by atoms with Crippen LogP contribution >= 0.6 is 0 Å². The molecular formula is C19H24N2O5S. The summed E-state index contributed by atoms with van der Waals surface area (Å²) >= 11 is 0. The molecule has 2 aromatic rings. The summed E-state index contributed by atoms with van der Waals surface area (Å²) in [5.41, 5.74) is 1.29. The minimum absolute atomic E-state index is 0.163. The number of ether oxygens (including phenoxy) is 2. The van der Waals surface area contributed by atoms with Crippen LogP contribution in [0.25, 0.3) is 0 Å². The Labute approximate surface area is 160 Å².